The highest BCUT2D eigenvalue weighted by molar-refractivity contribution is 6.38. The molecule has 5 nitrogen and oxygen atoms in total. The number of rotatable bonds is 1. The number of urea groups is 1. The van der Waals surface area contributed by atoms with Gasteiger partial charge in [-0.25, -0.2) is 9.78 Å². The average molecular weight is 401 g/mol. The monoisotopic (exact) mass is 400 g/mol. The van der Waals surface area contributed by atoms with Crippen molar-refractivity contribution in [3.05, 3.63) is 82.5 Å². The first-order valence-corrected chi connectivity index (χ1v) is 9.65. The first-order chi connectivity index (χ1) is 14.1. The van der Waals surface area contributed by atoms with Gasteiger partial charge in [0.05, 0.1) is 6.54 Å². The number of carbonyl (C=O) groups is 2. The van der Waals surface area contributed by atoms with E-state index >= 15 is 0 Å². The summed E-state index contributed by atoms with van der Waals surface area (Å²) in [5, 5.41) is 0.206. The fourth-order valence-corrected chi connectivity index (χ4v) is 4.10. The van der Waals surface area contributed by atoms with E-state index in [-0.39, 0.29) is 16.8 Å². The van der Waals surface area contributed by atoms with Crippen LogP contribution in [0.15, 0.2) is 66.4 Å². The SMILES string of the molecule is O=C1C2=CC=CC3CC[N+](=C23)C(=O)N1c1ncc(C#Cc2ccccc2)cc1Cl. The normalized spacial score (nSPS) is 19.7. The van der Waals surface area contributed by atoms with Crippen LogP contribution in [-0.2, 0) is 4.79 Å². The van der Waals surface area contributed by atoms with Gasteiger partial charge in [0.1, 0.15) is 16.3 Å². The van der Waals surface area contributed by atoms with Gasteiger partial charge in [-0.1, -0.05) is 53.8 Å². The number of anilines is 1. The van der Waals surface area contributed by atoms with Crippen molar-refractivity contribution in [1.82, 2.24) is 4.98 Å². The second-order valence-corrected chi connectivity index (χ2v) is 7.37. The fraction of sp³-hybridized carbons (Fsp3) is 0.130. The van der Waals surface area contributed by atoms with Crippen LogP contribution in [0.5, 0.6) is 0 Å². The van der Waals surface area contributed by atoms with E-state index in [1.807, 2.05) is 42.5 Å². The Balaban J connectivity index is 1.51. The van der Waals surface area contributed by atoms with Gasteiger partial charge in [-0.3, -0.25) is 0 Å². The van der Waals surface area contributed by atoms with Crippen molar-refractivity contribution >= 4 is 35.1 Å². The van der Waals surface area contributed by atoms with Crippen LogP contribution in [0, 0.1) is 17.8 Å². The number of allylic oxidation sites excluding steroid dienone is 3. The summed E-state index contributed by atoms with van der Waals surface area (Å²) in [4.78, 5) is 31.5. The van der Waals surface area contributed by atoms with Crippen molar-refractivity contribution in [3.8, 4) is 11.8 Å². The number of nitrogens with zero attached hydrogens (tertiary/aromatic N) is 3. The minimum atomic E-state index is -0.405. The molecule has 1 atom stereocenters. The summed E-state index contributed by atoms with van der Waals surface area (Å²) in [6.07, 6.45) is 7.99. The molecule has 29 heavy (non-hydrogen) atoms. The molecule has 0 radical (unpaired) electrons. The molecule has 2 aliphatic heterocycles. The average Bonchev–Trinajstić information content (AvgIpc) is 3.18. The molecule has 1 aliphatic carbocycles. The molecule has 5 rings (SSSR count). The highest BCUT2D eigenvalue weighted by Gasteiger charge is 2.51. The molecule has 1 aromatic heterocycles. The van der Waals surface area contributed by atoms with Gasteiger partial charge in [0.2, 0.25) is 0 Å². The number of benzene rings is 1. The molecule has 3 aliphatic rings. The molecule has 0 fully saturated rings. The van der Waals surface area contributed by atoms with Crippen molar-refractivity contribution in [2.75, 3.05) is 11.4 Å². The molecule has 2 aromatic rings. The minimum absolute atomic E-state index is 0.115. The van der Waals surface area contributed by atoms with Crippen LogP contribution in [0.3, 0.4) is 0 Å². The van der Waals surface area contributed by atoms with Gasteiger partial charge in [-0.15, -0.1) is 4.90 Å². The van der Waals surface area contributed by atoms with Crippen molar-refractivity contribution < 1.29 is 14.2 Å². The Hall–Kier alpha value is -3.49. The van der Waals surface area contributed by atoms with E-state index in [1.54, 1.807) is 16.7 Å². The maximum Gasteiger partial charge on any atom is 0.507 e. The van der Waals surface area contributed by atoms with Gasteiger partial charge in [-0.2, -0.15) is 9.37 Å². The van der Waals surface area contributed by atoms with Gasteiger partial charge >= 0.3 is 11.9 Å². The second-order valence-electron chi connectivity index (χ2n) is 6.97. The summed E-state index contributed by atoms with van der Waals surface area (Å²) in [5.74, 6) is 5.90. The predicted molar refractivity (Wildman–Crippen MR) is 110 cm³/mol. The summed E-state index contributed by atoms with van der Waals surface area (Å²) >= 11 is 6.42. The molecule has 6 heteroatoms. The molecule has 1 aromatic carbocycles. The topological polar surface area (TPSA) is 53.3 Å². The Morgan fingerprint density at radius 3 is 2.72 bits per heavy atom. The Bertz CT molecular complexity index is 1200. The Morgan fingerprint density at radius 1 is 1.14 bits per heavy atom. The zero-order valence-corrected chi connectivity index (χ0v) is 16.1. The number of amides is 3. The summed E-state index contributed by atoms with van der Waals surface area (Å²) in [6, 6.07) is 10.8. The first kappa shape index (κ1) is 17.6. The first-order valence-electron chi connectivity index (χ1n) is 9.28. The lowest BCUT2D eigenvalue weighted by Crippen LogP contribution is -2.51. The molecule has 0 bridgehead atoms. The summed E-state index contributed by atoms with van der Waals surface area (Å²) in [7, 11) is 0. The summed E-state index contributed by atoms with van der Waals surface area (Å²) in [5.41, 5.74) is 2.80. The number of hydrogen-bond acceptors (Lipinski definition) is 3. The number of pyridine rings is 1. The second kappa shape index (κ2) is 6.84. The largest absolute Gasteiger partial charge is 0.507 e. The molecule has 3 heterocycles. The molecule has 0 saturated heterocycles. The van der Waals surface area contributed by atoms with Crippen LogP contribution >= 0.6 is 11.6 Å². The molecule has 140 valence electrons. The predicted octanol–water partition coefficient (Wildman–Crippen LogP) is 3.57. The number of imide groups is 1. The fourth-order valence-electron chi connectivity index (χ4n) is 3.85. The minimum Gasteiger partial charge on any atom is -0.240 e. The summed E-state index contributed by atoms with van der Waals surface area (Å²) in [6.45, 7) is 0.572. The zero-order chi connectivity index (χ0) is 20.0. The van der Waals surface area contributed by atoms with Crippen LogP contribution in [0.1, 0.15) is 17.5 Å². The van der Waals surface area contributed by atoms with E-state index in [0.29, 0.717) is 17.7 Å². The van der Waals surface area contributed by atoms with E-state index in [2.05, 4.69) is 16.8 Å². The van der Waals surface area contributed by atoms with Crippen molar-refractivity contribution in [1.29, 1.82) is 0 Å². The van der Waals surface area contributed by atoms with E-state index in [9.17, 15) is 9.59 Å². The zero-order valence-electron chi connectivity index (χ0n) is 15.3. The summed E-state index contributed by atoms with van der Waals surface area (Å²) < 4.78 is 1.66. The van der Waals surface area contributed by atoms with E-state index in [1.165, 1.54) is 6.20 Å². The Kier molecular flexibility index (Phi) is 4.15. The highest BCUT2D eigenvalue weighted by atomic mass is 35.5. The third-order valence-electron chi connectivity index (χ3n) is 5.20. The van der Waals surface area contributed by atoms with Gasteiger partial charge in [-0.05, 0) is 30.7 Å². The standard InChI is InChI=1S/C23H15ClN3O2/c24-19-13-16(10-9-15-5-2-1-3-6-15)14-25-21(19)27-22(28)18-8-4-7-17-11-12-26(20(17)18)23(27)29/h1-8,13-14,17H,11-12H2/q+1. The van der Waals surface area contributed by atoms with E-state index in [0.717, 1.165) is 22.6 Å². The lowest BCUT2D eigenvalue weighted by molar-refractivity contribution is -0.417. The molecule has 1 unspecified atom stereocenters. The molecule has 0 saturated carbocycles. The van der Waals surface area contributed by atoms with Crippen LogP contribution in [0.4, 0.5) is 10.6 Å². The van der Waals surface area contributed by atoms with Crippen molar-refractivity contribution in [2.24, 2.45) is 5.92 Å². The maximum absolute atomic E-state index is 13.1. The number of hydrogen-bond donors (Lipinski definition) is 0. The highest BCUT2D eigenvalue weighted by Crippen LogP contribution is 2.33. The Labute approximate surface area is 172 Å². The molecule has 0 spiro atoms. The van der Waals surface area contributed by atoms with E-state index < -0.39 is 11.9 Å². The van der Waals surface area contributed by atoms with Crippen LogP contribution < -0.4 is 4.90 Å². The molecule has 3 amide bonds. The van der Waals surface area contributed by atoms with Crippen LogP contribution in [-0.4, -0.2) is 33.8 Å². The van der Waals surface area contributed by atoms with Crippen molar-refractivity contribution in [3.63, 3.8) is 0 Å². The third kappa shape index (κ3) is 2.89. The van der Waals surface area contributed by atoms with Crippen LogP contribution in [0.25, 0.3) is 0 Å². The lowest BCUT2D eigenvalue weighted by atomic mass is 9.90. The van der Waals surface area contributed by atoms with Crippen LogP contribution in [0.2, 0.25) is 5.02 Å². The molecule has 0 N–H and O–H groups in total. The van der Waals surface area contributed by atoms with Gasteiger partial charge in [0, 0.05) is 23.2 Å². The van der Waals surface area contributed by atoms with Gasteiger partial charge in [0.25, 0.3) is 5.82 Å². The number of aromatic nitrogens is 1. The smallest absolute Gasteiger partial charge is 0.240 e. The quantitative estimate of drug-likeness (QED) is 0.543. The lowest BCUT2D eigenvalue weighted by Gasteiger charge is -2.22. The third-order valence-corrected chi connectivity index (χ3v) is 5.48. The number of halogens is 1. The van der Waals surface area contributed by atoms with Gasteiger partial charge in [0.15, 0.2) is 0 Å². The van der Waals surface area contributed by atoms with E-state index in [4.69, 9.17) is 11.6 Å². The Morgan fingerprint density at radius 2 is 1.93 bits per heavy atom. The molecular formula is C23H15ClN3O2+. The molecular weight excluding hydrogens is 386 g/mol. The van der Waals surface area contributed by atoms with Crippen molar-refractivity contribution in [2.45, 2.75) is 6.42 Å². The number of carbonyl (C=O) groups excluding carboxylic acids is 2. The van der Waals surface area contributed by atoms with Gasteiger partial charge < -0.3 is 0 Å². The maximum atomic E-state index is 13.1.